The lowest BCUT2D eigenvalue weighted by Gasteiger charge is -2.08. The molecule has 1 heterocycles. The summed E-state index contributed by atoms with van der Waals surface area (Å²) in [4.78, 5) is 27.3. The van der Waals surface area contributed by atoms with Gasteiger partial charge >= 0.3 is 0 Å². The number of hydrogen-bond acceptors (Lipinski definition) is 3. The molecule has 0 aliphatic heterocycles. The van der Waals surface area contributed by atoms with Crippen LogP contribution in [0.4, 0.5) is 10.1 Å². The number of carbonyl (C=O) groups excluding carboxylic acids is 1. The number of aromatic amines is 1. The first kappa shape index (κ1) is 16.4. The molecule has 0 saturated carbocycles. The van der Waals surface area contributed by atoms with Crippen LogP contribution in [0.15, 0.2) is 41.2 Å². The van der Waals surface area contributed by atoms with Gasteiger partial charge < -0.3 is 10.3 Å². The maximum atomic E-state index is 13.8. The zero-order chi connectivity index (χ0) is 17.4. The van der Waals surface area contributed by atoms with Crippen molar-refractivity contribution < 1.29 is 9.18 Å². The summed E-state index contributed by atoms with van der Waals surface area (Å²) in [7, 11) is 1.56. The van der Waals surface area contributed by atoms with Crippen LogP contribution in [-0.2, 0) is 7.05 Å². The highest BCUT2D eigenvalue weighted by atomic mass is 35.5. The molecular weight excluding hydrogens is 353 g/mol. The van der Waals surface area contributed by atoms with Gasteiger partial charge in [-0.1, -0.05) is 11.6 Å². The Hall–Kier alpha value is -2.51. The van der Waals surface area contributed by atoms with Crippen molar-refractivity contribution in [2.24, 2.45) is 7.05 Å². The fraction of sp³-hybridized carbons (Fsp3) is 0.0625. The minimum atomic E-state index is -0.634. The lowest BCUT2D eigenvalue weighted by molar-refractivity contribution is 0.102. The number of anilines is 1. The molecule has 5 nitrogen and oxygen atoms in total. The minimum absolute atomic E-state index is 0.0152. The van der Waals surface area contributed by atoms with Gasteiger partial charge in [-0.2, -0.15) is 0 Å². The van der Waals surface area contributed by atoms with E-state index in [0.29, 0.717) is 10.9 Å². The summed E-state index contributed by atoms with van der Waals surface area (Å²) in [6.07, 6.45) is 0. The van der Waals surface area contributed by atoms with E-state index in [1.54, 1.807) is 7.05 Å². The van der Waals surface area contributed by atoms with Gasteiger partial charge in [0.15, 0.2) is 4.77 Å². The molecule has 1 aromatic heterocycles. The van der Waals surface area contributed by atoms with Gasteiger partial charge in [0.05, 0.1) is 16.6 Å². The average molecular weight is 364 g/mol. The molecule has 0 bridgehead atoms. The molecule has 0 fully saturated rings. The van der Waals surface area contributed by atoms with Gasteiger partial charge in [0.25, 0.3) is 11.5 Å². The molecule has 0 aliphatic carbocycles. The Morgan fingerprint density at radius 3 is 2.75 bits per heavy atom. The van der Waals surface area contributed by atoms with E-state index in [1.807, 2.05) is 0 Å². The molecule has 0 aliphatic rings. The van der Waals surface area contributed by atoms with E-state index in [-0.39, 0.29) is 26.6 Å². The molecule has 3 rings (SSSR count). The summed E-state index contributed by atoms with van der Waals surface area (Å²) in [6.45, 7) is 0. The Bertz CT molecular complexity index is 1090. The van der Waals surface area contributed by atoms with E-state index in [4.69, 9.17) is 23.8 Å². The predicted molar refractivity (Wildman–Crippen MR) is 93.7 cm³/mol. The Morgan fingerprint density at radius 2 is 2.04 bits per heavy atom. The monoisotopic (exact) mass is 363 g/mol. The van der Waals surface area contributed by atoms with E-state index < -0.39 is 11.7 Å². The lowest BCUT2D eigenvalue weighted by Crippen LogP contribution is -2.19. The first-order valence-corrected chi connectivity index (χ1v) is 7.65. The van der Waals surface area contributed by atoms with Crippen molar-refractivity contribution >= 4 is 46.3 Å². The minimum Gasteiger partial charge on any atom is -0.332 e. The van der Waals surface area contributed by atoms with Gasteiger partial charge in [0.1, 0.15) is 5.82 Å². The van der Waals surface area contributed by atoms with Gasteiger partial charge in [-0.05, 0) is 48.6 Å². The molecule has 3 aromatic rings. The normalized spacial score (nSPS) is 10.8. The van der Waals surface area contributed by atoms with Crippen LogP contribution in [0.25, 0.3) is 10.9 Å². The van der Waals surface area contributed by atoms with Crippen LogP contribution in [0.3, 0.4) is 0 Å². The van der Waals surface area contributed by atoms with Crippen LogP contribution in [0, 0.1) is 10.6 Å². The number of carbonyl (C=O) groups is 1. The second kappa shape index (κ2) is 6.18. The fourth-order valence-electron chi connectivity index (χ4n) is 2.23. The number of rotatable bonds is 2. The maximum Gasteiger partial charge on any atom is 0.261 e. The van der Waals surface area contributed by atoms with E-state index in [0.717, 1.165) is 6.07 Å². The lowest BCUT2D eigenvalue weighted by atomic mass is 10.1. The van der Waals surface area contributed by atoms with Crippen LogP contribution in [0.2, 0.25) is 5.02 Å². The van der Waals surface area contributed by atoms with Crippen molar-refractivity contribution in [3.05, 3.63) is 67.9 Å². The average Bonchev–Trinajstić information content (AvgIpc) is 2.54. The smallest absolute Gasteiger partial charge is 0.261 e. The van der Waals surface area contributed by atoms with Crippen molar-refractivity contribution in [1.29, 1.82) is 0 Å². The van der Waals surface area contributed by atoms with Crippen LogP contribution in [-0.4, -0.2) is 15.5 Å². The molecule has 122 valence electrons. The number of aromatic nitrogens is 2. The molecule has 24 heavy (non-hydrogen) atoms. The first-order chi connectivity index (χ1) is 11.4. The van der Waals surface area contributed by atoms with Gasteiger partial charge in [-0.3, -0.25) is 14.2 Å². The van der Waals surface area contributed by atoms with Crippen LogP contribution in [0.5, 0.6) is 0 Å². The van der Waals surface area contributed by atoms with Crippen LogP contribution >= 0.6 is 23.8 Å². The molecule has 0 spiro atoms. The molecule has 2 aromatic carbocycles. The molecule has 2 N–H and O–H groups in total. The summed E-state index contributed by atoms with van der Waals surface area (Å²) in [5.74, 6) is -1.15. The number of H-pyrrole nitrogens is 1. The highest BCUT2D eigenvalue weighted by Gasteiger charge is 2.12. The number of fused-ring (bicyclic) bond motifs is 1. The maximum absolute atomic E-state index is 13.8. The number of halogens is 2. The van der Waals surface area contributed by atoms with Crippen molar-refractivity contribution in [2.45, 2.75) is 0 Å². The Labute approximate surface area is 145 Å². The highest BCUT2D eigenvalue weighted by Crippen LogP contribution is 2.20. The van der Waals surface area contributed by atoms with Crippen molar-refractivity contribution in [2.75, 3.05) is 5.32 Å². The summed E-state index contributed by atoms with van der Waals surface area (Å²) in [5.41, 5.74) is 0.453. The topological polar surface area (TPSA) is 66.9 Å². The van der Waals surface area contributed by atoms with Gasteiger partial charge in [-0.25, -0.2) is 4.39 Å². The number of nitrogens with one attached hydrogen (secondary N) is 2. The van der Waals surface area contributed by atoms with E-state index >= 15 is 0 Å². The Balaban J connectivity index is 2.00. The zero-order valence-electron chi connectivity index (χ0n) is 12.4. The molecule has 0 atom stereocenters. The largest absolute Gasteiger partial charge is 0.332 e. The SMILES string of the molecule is Cn1c(=S)[nH]c2cc(C(=O)Nc3ccc(Cl)cc3F)ccc2c1=O. The summed E-state index contributed by atoms with van der Waals surface area (Å²) in [6, 6.07) is 8.47. The number of nitrogens with zero attached hydrogens (tertiary/aromatic N) is 1. The van der Waals surface area contributed by atoms with Crippen molar-refractivity contribution in [3.63, 3.8) is 0 Å². The quantitative estimate of drug-likeness (QED) is 0.683. The highest BCUT2D eigenvalue weighted by molar-refractivity contribution is 7.71. The third-order valence-electron chi connectivity index (χ3n) is 3.54. The third-order valence-corrected chi connectivity index (χ3v) is 4.15. The zero-order valence-corrected chi connectivity index (χ0v) is 14.0. The molecule has 0 radical (unpaired) electrons. The van der Waals surface area contributed by atoms with Gasteiger partial charge in [-0.15, -0.1) is 0 Å². The third kappa shape index (κ3) is 2.95. The number of amides is 1. The van der Waals surface area contributed by atoms with Gasteiger partial charge in [0.2, 0.25) is 0 Å². The predicted octanol–water partition coefficient (Wildman–Crippen LogP) is 3.64. The fourth-order valence-corrected chi connectivity index (χ4v) is 2.58. The molecule has 0 saturated heterocycles. The van der Waals surface area contributed by atoms with E-state index in [2.05, 4.69) is 10.3 Å². The molecule has 1 amide bonds. The van der Waals surface area contributed by atoms with Crippen molar-refractivity contribution in [1.82, 2.24) is 9.55 Å². The van der Waals surface area contributed by atoms with Gasteiger partial charge in [0, 0.05) is 17.6 Å². The van der Waals surface area contributed by atoms with Crippen LogP contribution < -0.4 is 10.9 Å². The Morgan fingerprint density at radius 1 is 1.29 bits per heavy atom. The van der Waals surface area contributed by atoms with Crippen LogP contribution in [0.1, 0.15) is 10.4 Å². The second-order valence-corrected chi connectivity index (χ2v) is 5.96. The summed E-state index contributed by atoms with van der Waals surface area (Å²) < 4.78 is 15.3. The number of hydrogen-bond donors (Lipinski definition) is 2. The second-order valence-electron chi connectivity index (χ2n) is 5.13. The summed E-state index contributed by atoms with van der Waals surface area (Å²) in [5, 5.41) is 3.10. The standard InChI is InChI=1S/C16H11ClFN3O2S/c1-21-15(23)10-4-2-8(6-13(10)20-16(21)24)14(22)19-12-5-3-9(17)7-11(12)18/h2-7H,1H3,(H,19,22)(H,20,24). The summed E-state index contributed by atoms with van der Waals surface area (Å²) >= 11 is 10.7. The molecule has 8 heteroatoms. The van der Waals surface area contributed by atoms with E-state index in [9.17, 15) is 14.0 Å². The van der Waals surface area contributed by atoms with Crippen molar-refractivity contribution in [3.8, 4) is 0 Å². The molecule has 0 unspecified atom stereocenters. The van der Waals surface area contributed by atoms with E-state index in [1.165, 1.54) is 34.9 Å². The molecular formula is C16H11ClFN3O2S. The Kier molecular flexibility index (Phi) is 4.21. The number of benzene rings is 2. The first-order valence-electron chi connectivity index (χ1n) is 6.86.